The van der Waals surface area contributed by atoms with Crippen molar-refractivity contribution >= 4 is 7.60 Å². The lowest BCUT2D eigenvalue weighted by Crippen LogP contribution is -2.63. The standard InChI is InChI=1S/C9H15F6O4P/c1-4-18-20(17,19-5-2)6(3)7(16,8(10,11)12)9(13,14)15/h6,16H,4-5H2,1-3H3. The Morgan fingerprint density at radius 2 is 1.30 bits per heavy atom. The van der Waals surface area contributed by atoms with Crippen molar-refractivity contribution in [1.29, 1.82) is 0 Å². The molecular weight excluding hydrogens is 317 g/mol. The van der Waals surface area contributed by atoms with Crippen LogP contribution in [0.3, 0.4) is 0 Å². The second kappa shape index (κ2) is 6.21. The van der Waals surface area contributed by atoms with E-state index in [-0.39, 0.29) is 0 Å². The Bertz CT molecular complexity index is 342. The molecule has 0 amide bonds. The molecular formula is C9H15F6O4P. The Balaban J connectivity index is 5.89. The molecule has 0 heterocycles. The Hall–Kier alpha value is -0.310. The van der Waals surface area contributed by atoms with E-state index in [1.54, 1.807) is 0 Å². The Labute approximate surface area is 111 Å². The molecule has 1 unspecified atom stereocenters. The summed E-state index contributed by atoms with van der Waals surface area (Å²) in [5.41, 5.74) is -8.06. The lowest BCUT2D eigenvalue weighted by atomic mass is 9.99. The van der Waals surface area contributed by atoms with Gasteiger partial charge in [-0.25, -0.2) is 0 Å². The summed E-state index contributed by atoms with van der Waals surface area (Å²) in [4.78, 5) is 0. The van der Waals surface area contributed by atoms with Crippen molar-refractivity contribution < 1.29 is 45.1 Å². The molecule has 0 aliphatic rings. The molecule has 0 saturated heterocycles. The van der Waals surface area contributed by atoms with Gasteiger partial charge in [0.25, 0.3) is 5.60 Å². The first-order valence-corrected chi connectivity index (χ1v) is 7.13. The highest BCUT2D eigenvalue weighted by atomic mass is 31.2. The van der Waals surface area contributed by atoms with Gasteiger partial charge in [0.2, 0.25) is 0 Å². The van der Waals surface area contributed by atoms with Crippen LogP contribution in [0.15, 0.2) is 0 Å². The zero-order chi connectivity index (χ0) is 16.4. The third-order valence-corrected chi connectivity index (χ3v) is 5.12. The quantitative estimate of drug-likeness (QED) is 0.597. The van der Waals surface area contributed by atoms with Gasteiger partial charge in [0.1, 0.15) is 5.66 Å². The third-order valence-electron chi connectivity index (χ3n) is 2.56. The number of alkyl halides is 6. The van der Waals surface area contributed by atoms with E-state index < -0.39 is 44.4 Å². The number of rotatable bonds is 6. The van der Waals surface area contributed by atoms with Crippen LogP contribution in [0.5, 0.6) is 0 Å². The summed E-state index contributed by atoms with van der Waals surface area (Å²) in [5.74, 6) is 0. The molecule has 0 aliphatic heterocycles. The van der Waals surface area contributed by atoms with E-state index in [9.17, 15) is 30.9 Å². The predicted octanol–water partition coefficient (Wildman–Crippen LogP) is 3.50. The molecule has 4 nitrogen and oxygen atoms in total. The maximum atomic E-state index is 12.7. The van der Waals surface area contributed by atoms with Crippen LogP contribution in [0.1, 0.15) is 20.8 Å². The molecule has 0 aliphatic carbocycles. The summed E-state index contributed by atoms with van der Waals surface area (Å²) in [6, 6.07) is 0. The van der Waals surface area contributed by atoms with Crippen molar-refractivity contribution in [3.05, 3.63) is 0 Å². The third kappa shape index (κ3) is 3.47. The molecule has 0 fully saturated rings. The average Bonchev–Trinajstić information content (AvgIpc) is 2.24. The highest BCUT2D eigenvalue weighted by Gasteiger charge is 2.76. The van der Waals surface area contributed by atoms with E-state index in [1.807, 2.05) is 0 Å². The Morgan fingerprint density at radius 1 is 1.00 bits per heavy atom. The predicted molar refractivity (Wildman–Crippen MR) is 57.4 cm³/mol. The van der Waals surface area contributed by atoms with Gasteiger partial charge in [-0.1, -0.05) is 0 Å². The Morgan fingerprint density at radius 3 is 1.50 bits per heavy atom. The maximum Gasteiger partial charge on any atom is 0.427 e. The SMILES string of the molecule is CCOP(=O)(OCC)C(C)C(O)(C(F)(F)F)C(F)(F)F. The number of aliphatic hydroxyl groups is 1. The second-order valence-corrected chi connectivity index (χ2v) is 6.18. The van der Waals surface area contributed by atoms with Gasteiger partial charge in [-0.05, 0) is 20.8 Å². The lowest BCUT2D eigenvalue weighted by Gasteiger charge is -2.39. The van der Waals surface area contributed by atoms with E-state index in [1.165, 1.54) is 13.8 Å². The van der Waals surface area contributed by atoms with E-state index in [0.717, 1.165) is 0 Å². The van der Waals surface area contributed by atoms with Gasteiger partial charge in [0.15, 0.2) is 0 Å². The molecule has 0 spiro atoms. The highest BCUT2D eigenvalue weighted by molar-refractivity contribution is 7.54. The molecule has 0 aromatic heterocycles. The molecule has 0 radical (unpaired) electrons. The highest BCUT2D eigenvalue weighted by Crippen LogP contribution is 2.62. The number of hydrogen-bond donors (Lipinski definition) is 1. The van der Waals surface area contributed by atoms with E-state index in [2.05, 4.69) is 9.05 Å². The van der Waals surface area contributed by atoms with Crippen LogP contribution >= 0.6 is 7.60 Å². The average molecular weight is 332 g/mol. The van der Waals surface area contributed by atoms with Crippen LogP contribution in [-0.4, -0.2) is 41.9 Å². The minimum Gasteiger partial charge on any atom is -0.373 e. The molecule has 0 rings (SSSR count). The van der Waals surface area contributed by atoms with Gasteiger partial charge in [0, 0.05) is 0 Å². The van der Waals surface area contributed by atoms with E-state index in [0.29, 0.717) is 6.92 Å². The number of halogens is 6. The van der Waals surface area contributed by atoms with Gasteiger partial charge in [-0.3, -0.25) is 4.57 Å². The van der Waals surface area contributed by atoms with Gasteiger partial charge in [-0.15, -0.1) is 0 Å². The minimum atomic E-state index is -6.09. The topological polar surface area (TPSA) is 55.8 Å². The molecule has 122 valence electrons. The lowest BCUT2D eigenvalue weighted by molar-refractivity contribution is -0.368. The summed E-state index contributed by atoms with van der Waals surface area (Å²) in [6.45, 7) is 1.89. The van der Waals surface area contributed by atoms with E-state index >= 15 is 0 Å². The molecule has 11 heteroatoms. The maximum absolute atomic E-state index is 12.7. The summed E-state index contributed by atoms with van der Waals surface area (Å²) >= 11 is 0. The molecule has 20 heavy (non-hydrogen) atoms. The monoisotopic (exact) mass is 332 g/mol. The summed E-state index contributed by atoms with van der Waals surface area (Å²) in [7, 11) is -4.81. The van der Waals surface area contributed by atoms with Crippen molar-refractivity contribution in [2.45, 2.75) is 44.4 Å². The molecule has 0 saturated carbocycles. The smallest absolute Gasteiger partial charge is 0.373 e. The first kappa shape index (κ1) is 19.7. The Kier molecular flexibility index (Phi) is 6.11. The number of hydrogen-bond acceptors (Lipinski definition) is 4. The molecule has 1 N–H and O–H groups in total. The van der Waals surface area contributed by atoms with Gasteiger partial charge >= 0.3 is 19.9 Å². The fourth-order valence-corrected chi connectivity index (χ4v) is 3.48. The zero-order valence-electron chi connectivity index (χ0n) is 10.9. The first-order valence-electron chi connectivity index (χ1n) is 5.52. The largest absolute Gasteiger partial charge is 0.427 e. The van der Waals surface area contributed by atoms with Crippen LogP contribution in [-0.2, 0) is 13.6 Å². The van der Waals surface area contributed by atoms with Crippen LogP contribution in [0.25, 0.3) is 0 Å². The zero-order valence-corrected chi connectivity index (χ0v) is 11.8. The first-order chi connectivity index (χ1) is 8.78. The molecule has 0 bridgehead atoms. The van der Waals surface area contributed by atoms with Crippen LogP contribution in [0, 0.1) is 0 Å². The fraction of sp³-hybridized carbons (Fsp3) is 1.00. The van der Waals surface area contributed by atoms with Crippen molar-refractivity contribution in [3.8, 4) is 0 Å². The molecule has 0 aromatic carbocycles. The summed E-state index contributed by atoms with van der Waals surface area (Å²) in [5, 5.41) is 9.16. The van der Waals surface area contributed by atoms with Crippen molar-refractivity contribution in [2.75, 3.05) is 13.2 Å². The van der Waals surface area contributed by atoms with Crippen molar-refractivity contribution in [2.24, 2.45) is 0 Å². The van der Waals surface area contributed by atoms with Crippen molar-refractivity contribution in [3.63, 3.8) is 0 Å². The van der Waals surface area contributed by atoms with Crippen LogP contribution in [0.4, 0.5) is 26.3 Å². The molecule has 1 atom stereocenters. The normalized spacial score (nSPS) is 16.3. The molecule has 0 aromatic rings. The summed E-state index contributed by atoms with van der Waals surface area (Å²) in [6.07, 6.45) is -12.2. The van der Waals surface area contributed by atoms with Crippen LogP contribution in [0.2, 0.25) is 0 Å². The van der Waals surface area contributed by atoms with E-state index in [4.69, 9.17) is 5.11 Å². The van der Waals surface area contributed by atoms with Gasteiger partial charge < -0.3 is 14.2 Å². The second-order valence-electron chi connectivity index (χ2n) is 3.81. The van der Waals surface area contributed by atoms with Crippen molar-refractivity contribution in [1.82, 2.24) is 0 Å². The van der Waals surface area contributed by atoms with Crippen LogP contribution < -0.4 is 0 Å². The minimum absolute atomic E-state index is 0.326. The van der Waals surface area contributed by atoms with Gasteiger partial charge in [0.05, 0.1) is 13.2 Å². The summed E-state index contributed by atoms with van der Waals surface area (Å²) < 4.78 is 96.9. The fourth-order valence-electron chi connectivity index (χ4n) is 1.48. The van der Waals surface area contributed by atoms with Gasteiger partial charge in [-0.2, -0.15) is 26.3 Å².